The van der Waals surface area contributed by atoms with Gasteiger partial charge in [0, 0.05) is 5.75 Å². The first-order valence-corrected chi connectivity index (χ1v) is 8.77. The van der Waals surface area contributed by atoms with E-state index in [2.05, 4.69) is 28.6 Å². The molecule has 0 spiro atoms. The van der Waals surface area contributed by atoms with Gasteiger partial charge in [-0.2, -0.15) is 12.6 Å². The maximum atomic E-state index is 12.3. The summed E-state index contributed by atoms with van der Waals surface area (Å²) in [6, 6.07) is -4.32. The Bertz CT molecular complexity index is 516. The third-order valence-corrected chi connectivity index (χ3v) is 3.79. The normalized spacial score (nSPS) is 15.5. The van der Waals surface area contributed by atoms with Gasteiger partial charge >= 0.3 is 5.97 Å². The predicted molar refractivity (Wildman–Crippen MR) is 97.5 cm³/mol. The van der Waals surface area contributed by atoms with Crippen LogP contribution in [0.2, 0.25) is 0 Å². The van der Waals surface area contributed by atoms with E-state index in [1.54, 1.807) is 0 Å². The predicted octanol–water partition coefficient (Wildman–Crippen LogP) is -2.16. The largest absolute Gasteiger partial charge is 0.480 e. The van der Waals surface area contributed by atoms with E-state index in [-0.39, 0.29) is 18.1 Å². The van der Waals surface area contributed by atoms with Crippen molar-refractivity contribution in [3.63, 3.8) is 0 Å². The number of rotatable bonds is 11. The number of carboxylic acid groups (broad SMARTS) is 1. The Morgan fingerprint density at radius 2 is 1.50 bits per heavy atom. The lowest BCUT2D eigenvalue weighted by Crippen LogP contribution is -2.57. The van der Waals surface area contributed by atoms with Crippen LogP contribution in [0.4, 0.5) is 0 Å². The van der Waals surface area contributed by atoms with Gasteiger partial charge in [0.1, 0.15) is 24.2 Å². The molecule has 0 rings (SSSR count). The fraction of sp³-hybridized carbons (Fsp3) is 0.733. The van der Waals surface area contributed by atoms with Crippen molar-refractivity contribution in [2.75, 3.05) is 12.4 Å². The van der Waals surface area contributed by atoms with Crippen LogP contribution in [0.1, 0.15) is 27.2 Å². The Morgan fingerprint density at radius 1 is 0.962 bits per heavy atom. The zero-order valence-electron chi connectivity index (χ0n) is 15.1. The van der Waals surface area contributed by atoms with E-state index in [0.29, 0.717) is 0 Å². The molecule has 0 fully saturated rings. The second-order valence-electron chi connectivity index (χ2n) is 6.29. The number of carbonyl (C=O) groups excluding carboxylic acids is 3. The summed E-state index contributed by atoms with van der Waals surface area (Å²) in [6.45, 7) is 4.50. The fourth-order valence-electron chi connectivity index (χ4n) is 1.93. The average molecular weight is 392 g/mol. The molecule has 0 radical (unpaired) electrons. The Hall–Kier alpha value is -1.85. The monoisotopic (exact) mass is 392 g/mol. The van der Waals surface area contributed by atoms with Crippen LogP contribution in [0.15, 0.2) is 0 Å². The summed E-state index contributed by atoms with van der Waals surface area (Å²) in [5.41, 5.74) is 5.36. The summed E-state index contributed by atoms with van der Waals surface area (Å²) >= 11 is 3.87. The highest BCUT2D eigenvalue weighted by Crippen LogP contribution is 2.06. The number of nitrogens with two attached hydrogens (primary N) is 1. The third kappa shape index (κ3) is 8.50. The van der Waals surface area contributed by atoms with E-state index < -0.39 is 54.5 Å². The van der Waals surface area contributed by atoms with Gasteiger partial charge in [-0.15, -0.1) is 0 Å². The molecule has 4 unspecified atom stereocenters. The Morgan fingerprint density at radius 3 is 1.92 bits per heavy atom. The second kappa shape index (κ2) is 11.7. The van der Waals surface area contributed by atoms with Crippen molar-refractivity contribution in [2.24, 2.45) is 11.7 Å². The highest BCUT2D eigenvalue weighted by Gasteiger charge is 2.28. The highest BCUT2D eigenvalue weighted by molar-refractivity contribution is 7.80. The van der Waals surface area contributed by atoms with Crippen LogP contribution in [-0.2, 0) is 19.2 Å². The summed E-state index contributed by atoms with van der Waals surface area (Å²) in [6.07, 6.45) is 0.271. The number of hydrogen-bond acceptors (Lipinski definition) is 7. The Balaban J connectivity index is 4.98. The van der Waals surface area contributed by atoms with Crippen LogP contribution in [-0.4, -0.2) is 70.4 Å². The van der Waals surface area contributed by atoms with Crippen molar-refractivity contribution >= 4 is 36.3 Å². The van der Waals surface area contributed by atoms with E-state index in [1.807, 2.05) is 13.8 Å². The minimum atomic E-state index is -1.23. The Labute approximate surface area is 157 Å². The number of amides is 3. The van der Waals surface area contributed by atoms with Crippen LogP contribution < -0.4 is 21.7 Å². The first-order valence-electron chi connectivity index (χ1n) is 8.14. The van der Waals surface area contributed by atoms with Crippen molar-refractivity contribution in [1.29, 1.82) is 0 Å². The van der Waals surface area contributed by atoms with Gasteiger partial charge in [-0.3, -0.25) is 14.4 Å². The molecule has 150 valence electrons. The smallest absolute Gasteiger partial charge is 0.327 e. The molecule has 3 amide bonds. The quantitative estimate of drug-likeness (QED) is 0.196. The molecule has 4 atom stereocenters. The molecule has 0 saturated carbocycles. The van der Waals surface area contributed by atoms with Crippen LogP contribution in [0, 0.1) is 5.92 Å². The standard InChI is InChI=1S/C15H28N4O6S/c1-7(2)4-10(14(23)19-11(6-26)15(24)25)18-12(21)8(3)17-13(22)9(16)5-20/h7-11,20,26H,4-6,16H2,1-3H3,(H,17,22)(H,18,21)(H,19,23)(H,24,25). The average Bonchev–Trinajstić information content (AvgIpc) is 2.56. The van der Waals surface area contributed by atoms with Gasteiger partial charge in [0.15, 0.2) is 0 Å². The summed E-state index contributed by atoms with van der Waals surface area (Å²) in [4.78, 5) is 47.2. The molecule has 0 aliphatic carbocycles. The number of thiol groups is 1. The molecule has 26 heavy (non-hydrogen) atoms. The van der Waals surface area contributed by atoms with Gasteiger partial charge in [0.2, 0.25) is 17.7 Å². The van der Waals surface area contributed by atoms with E-state index in [0.717, 1.165) is 0 Å². The minimum absolute atomic E-state index is 0.0398. The molecule has 0 aromatic rings. The number of aliphatic carboxylic acids is 1. The van der Waals surface area contributed by atoms with Gasteiger partial charge in [0.05, 0.1) is 6.61 Å². The van der Waals surface area contributed by atoms with Crippen LogP contribution >= 0.6 is 12.6 Å². The number of nitrogens with one attached hydrogen (secondary N) is 3. The lowest BCUT2D eigenvalue weighted by Gasteiger charge is -2.24. The molecule has 0 heterocycles. The van der Waals surface area contributed by atoms with Crippen molar-refractivity contribution in [1.82, 2.24) is 16.0 Å². The molecule has 0 aromatic carbocycles. The molecule has 0 bridgehead atoms. The fourth-order valence-corrected chi connectivity index (χ4v) is 2.17. The summed E-state index contributed by atoms with van der Waals surface area (Å²) in [5, 5.41) is 25.0. The first kappa shape index (κ1) is 24.1. The molecule has 0 aromatic heterocycles. The topological polar surface area (TPSA) is 171 Å². The third-order valence-electron chi connectivity index (χ3n) is 3.42. The molecule has 7 N–H and O–H groups in total. The van der Waals surface area contributed by atoms with Gasteiger partial charge in [-0.25, -0.2) is 4.79 Å². The van der Waals surface area contributed by atoms with Crippen molar-refractivity contribution < 1.29 is 29.4 Å². The second-order valence-corrected chi connectivity index (χ2v) is 6.66. The molecular weight excluding hydrogens is 364 g/mol. The lowest BCUT2D eigenvalue weighted by atomic mass is 10.0. The van der Waals surface area contributed by atoms with Gasteiger partial charge in [0.25, 0.3) is 0 Å². The Kier molecular flexibility index (Phi) is 10.9. The molecule has 0 aliphatic heterocycles. The highest BCUT2D eigenvalue weighted by atomic mass is 32.1. The molecule has 0 aliphatic rings. The van der Waals surface area contributed by atoms with E-state index >= 15 is 0 Å². The molecule has 0 saturated heterocycles. The minimum Gasteiger partial charge on any atom is -0.480 e. The van der Waals surface area contributed by atoms with Crippen molar-refractivity contribution in [3.8, 4) is 0 Å². The SMILES string of the molecule is CC(C)CC(NC(=O)C(C)NC(=O)C(N)CO)C(=O)NC(CS)C(=O)O. The first-order chi connectivity index (χ1) is 12.0. The number of aliphatic hydroxyl groups is 1. The van der Waals surface area contributed by atoms with Crippen molar-refractivity contribution in [2.45, 2.75) is 51.4 Å². The van der Waals surface area contributed by atoms with Crippen LogP contribution in [0.3, 0.4) is 0 Å². The van der Waals surface area contributed by atoms with Gasteiger partial charge in [-0.1, -0.05) is 13.8 Å². The number of hydrogen-bond donors (Lipinski definition) is 7. The lowest BCUT2D eigenvalue weighted by molar-refractivity contribution is -0.141. The summed E-state index contributed by atoms with van der Waals surface area (Å²) in [5.74, 6) is -3.30. The zero-order valence-corrected chi connectivity index (χ0v) is 16.0. The molecule has 10 nitrogen and oxygen atoms in total. The number of aliphatic hydroxyl groups excluding tert-OH is 1. The summed E-state index contributed by atoms with van der Waals surface area (Å²) < 4.78 is 0. The van der Waals surface area contributed by atoms with Gasteiger partial charge in [-0.05, 0) is 19.3 Å². The maximum Gasteiger partial charge on any atom is 0.327 e. The van der Waals surface area contributed by atoms with Crippen LogP contribution in [0.5, 0.6) is 0 Å². The number of carbonyl (C=O) groups is 4. The zero-order chi connectivity index (χ0) is 20.4. The van der Waals surface area contributed by atoms with Gasteiger partial charge < -0.3 is 31.9 Å². The van der Waals surface area contributed by atoms with E-state index in [4.69, 9.17) is 15.9 Å². The van der Waals surface area contributed by atoms with E-state index in [9.17, 15) is 19.2 Å². The van der Waals surface area contributed by atoms with E-state index in [1.165, 1.54) is 6.92 Å². The molecule has 11 heteroatoms. The van der Waals surface area contributed by atoms with Crippen LogP contribution in [0.25, 0.3) is 0 Å². The maximum absolute atomic E-state index is 12.3. The molecular formula is C15H28N4O6S. The number of carboxylic acids is 1. The van der Waals surface area contributed by atoms with Crippen molar-refractivity contribution in [3.05, 3.63) is 0 Å². The summed E-state index contributed by atoms with van der Waals surface area (Å²) in [7, 11) is 0.